The lowest BCUT2D eigenvalue weighted by molar-refractivity contribution is -0.127. The average molecular weight is 299 g/mol. The number of carbonyl (C=O) groups excluding carboxylic acids is 1. The van der Waals surface area contributed by atoms with Gasteiger partial charge < -0.3 is 4.90 Å². The minimum Gasteiger partial charge on any atom is -0.343 e. The van der Waals surface area contributed by atoms with Crippen molar-refractivity contribution in [2.24, 2.45) is 5.92 Å². The topological polar surface area (TPSA) is 74.8 Å². The monoisotopic (exact) mass is 299 g/mol. The van der Waals surface area contributed by atoms with Crippen LogP contribution in [0.2, 0.25) is 0 Å². The number of carbonyl (C=O) groups is 1. The van der Waals surface area contributed by atoms with E-state index in [1.54, 1.807) is 6.92 Å². The Morgan fingerprint density at radius 2 is 2.18 bits per heavy atom. The van der Waals surface area contributed by atoms with Crippen LogP contribution in [0.4, 0.5) is 0 Å². The predicted molar refractivity (Wildman–Crippen MR) is 83.2 cm³/mol. The van der Waals surface area contributed by atoms with Crippen molar-refractivity contribution in [1.29, 1.82) is 0 Å². The summed E-state index contributed by atoms with van der Waals surface area (Å²) in [6.45, 7) is 7.27. The number of aryl methyl sites for hydroxylation is 2. The van der Waals surface area contributed by atoms with Crippen molar-refractivity contribution in [1.82, 2.24) is 25.1 Å². The molecule has 0 aliphatic carbocycles. The SMILES string of the molecule is CC(=O)N1CC[C@H](Cc2cnc(-c3c(C)n[nH]c3C)cn2)C1. The molecule has 116 valence electrons. The van der Waals surface area contributed by atoms with Gasteiger partial charge in [-0.2, -0.15) is 5.10 Å². The second-order valence-corrected chi connectivity index (χ2v) is 6.03. The number of nitrogens with one attached hydrogen (secondary N) is 1. The quantitative estimate of drug-likeness (QED) is 0.939. The molecule has 1 fully saturated rings. The summed E-state index contributed by atoms with van der Waals surface area (Å²) in [6, 6.07) is 0. The lowest BCUT2D eigenvalue weighted by Gasteiger charge is -2.13. The van der Waals surface area contributed by atoms with Crippen LogP contribution in [0.3, 0.4) is 0 Å². The van der Waals surface area contributed by atoms with Gasteiger partial charge in [-0.05, 0) is 32.6 Å². The van der Waals surface area contributed by atoms with Gasteiger partial charge in [0.2, 0.25) is 5.91 Å². The molecule has 0 bridgehead atoms. The summed E-state index contributed by atoms with van der Waals surface area (Å²) in [5.41, 5.74) is 4.81. The van der Waals surface area contributed by atoms with E-state index in [-0.39, 0.29) is 5.91 Å². The summed E-state index contributed by atoms with van der Waals surface area (Å²) in [4.78, 5) is 22.4. The van der Waals surface area contributed by atoms with Gasteiger partial charge in [-0.3, -0.25) is 19.9 Å². The highest BCUT2D eigenvalue weighted by molar-refractivity contribution is 5.73. The van der Waals surface area contributed by atoms with Crippen LogP contribution in [-0.2, 0) is 11.2 Å². The zero-order valence-electron chi connectivity index (χ0n) is 13.3. The molecule has 3 heterocycles. The number of hydrogen-bond donors (Lipinski definition) is 1. The van der Waals surface area contributed by atoms with Crippen LogP contribution < -0.4 is 0 Å². The molecule has 2 aromatic heterocycles. The molecular weight excluding hydrogens is 278 g/mol. The number of hydrogen-bond acceptors (Lipinski definition) is 4. The van der Waals surface area contributed by atoms with Crippen LogP contribution in [0.25, 0.3) is 11.3 Å². The molecule has 1 saturated heterocycles. The zero-order chi connectivity index (χ0) is 15.7. The van der Waals surface area contributed by atoms with Gasteiger partial charge in [0.1, 0.15) is 0 Å². The van der Waals surface area contributed by atoms with E-state index in [0.717, 1.165) is 54.3 Å². The van der Waals surface area contributed by atoms with E-state index < -0.39 is 0 Å². The maximum atomic E-state index is 11.4. The van der Waals surface area contributed by atoms with Crippen molar-refractivity contribution >= 4 is 5.91 Å². The van der Waals surface area contributed by atoms with E-state index in [1.807, 2.05) is 31.1 Å². The Labute approximate surface area is 130 Å². The van der Waals surface area contributed by atoms with Gasteiger partial charge in [0.05, 0.1) is 23.3 Å². The first-order valence-electron chi connectivity index (χ1n) is 7.63. The fourth-order valence-corrected chi connectivity index (χ4v) is 3.10. The van der Waals surface area contributed by atoms with Crippen molar-refractivity contribution in [3.05, 3.63) is 29.5 Å². The number of likely N-dealkylation sites (tertiary alicyclic amines) is 1. The fourth-order valence-electron chi connectivity index (χ4n) is 3.10. The number of H-pyrrole nitrogens is 1. The normalized spacial score (nSPS) is 18.0. The third kappa shape index (κ3) is 2.86. The van der Waals surface area contributed by atoms with Crippen LogP contribution >= 0.6 is 0 Å². The highest BCUT2D eigenvalue weighted by Crippen LogP contribution is 2.24. The van der Waals surface area contributed by atoms with Crippen molar-refractivity contribution in [2.45, 2.75) is 33.6 Å². The molecule has 2 aromatic rings. The molecule has 0 spiro atoms. The van der Waals surface area contributed by atoms with E-state index in [1.165, 1.54) is 0 Å². The molecule has 6 nitrogen and oxygen atoms in total. The number of rotatable bonds is 3. The van der Waals surface area contributed by atoms with Crippen LogP contribution in [-0.4, -0.2) is 44.1 Å². The summed E-state index contributed by atoms with van der Waals surface area (Å²) < 4.78 is 0. The smallest absolute Gasteiger partial charge is 0.219 e. The summed E-state index contributed by atoms with van der Waals surface area (Å²) in [5.74, 6) is 0.649. The maximum absolute atomic E-state index is 11.4. The Morgan fingerprint density at radius 3 is 2.73 bits per heavy atom. The number of aromatic amines is 1. The molecule has 1 atom stereocenters. The summed E-state index contributed by atoms with van der Waals surface area (Å²) in [7, 11) is 0. The molecule has 1 N–H and O–H groups in total. The van der Waals surface area contributed by atoms with Crippen molar-refractivity contribution < 1.29 is 4.79 Å². The number of amides is 1. The predicted octanol–water partition coefficient (Wildman–Crippen LogP) is 1.89. The van der Waals surface area contributed by atoms with Crippen LogP contribution in [0, 0.1) is 19.8 Å². The summed E-state index contributed by atoms with van der Waals surface area (Å²) in [5, 5.41) is 7.16. The Hall–Kier alpha value is -2.24. The standard InChI is InChI=1S/C16H21N5O/c1-10-16(11(2)20-19-10)15-8-17-14(7-18-15)6-13-4-5-21(9-13)12(3)22/h7-8,13H,4-6,9H2,1-3H3,(H,19,20)/t13-/m1/s1. The first kappa shape index (κ1) is 14.7. The Bertz CT molecular complexity index is 657. The van der Waals surface area contributed by atoms with Gasteiger partial charge in [-0.15, -0.1) is 0 Å². The van der Waals surface area contributed by atoms with Gasteiger partial charge in [0.15, 0.2) is 0 Å². The van der Waals surface area contributed by atoms with E-state index >= 15 is 0 Å². The third-order valence-electron chi connectivity index (χ3n) is 4.32. The zero-order valence-corrected chi connectivity index (χ0v) is 13.3. The van der Waals surface area contributed by atoms with Crippen molar-refractivity contribution in [3.8, 4) is 11.3 Å². The lowest BCUT2D eigenvalue weighted by atomic mass is 10.0. The molecule has 0 radical (unpaired) electrons. The third-order valence-corrected chi connectivity index (χ3v) is 4.32. The molecule has 1 aliphatic heterocycles. The first-order valence-corrected chi connectivity index (χ1v) is 7.63. The second kappa shape index (κ2) is 5.87. The molecule has 1 amide bonds. The Morgan fingerprint density at radius 1 is 1.36 bits per heavy atom. The largest absolute Gasteiger partial charge is 0.343 e. The molecule has 0 saturated carbocycles. The lowest BCUT2D eigenvalue weighted by Crippen LogP contribution is -2.26. The first-order chi connectivity index (χ1) is 10.5. The fraction of sp³-hybridized carbons (Fsp3) is 0.500. The molecule has 3 rings (SSSR count). The molecule has 0 unspecified atom stereocenters. The summed E-state index contributed by atoms with van der Waals surface area (Å²) >= 11 is 0. The summed E-state index contributed by atoms with van der Waals surface area (Å²) in [6.07, 6.45) is 5.58. The van der Waals surface area contributed by atoms with Gasteiger partial charge >= 0.3 is 0 Å². The van der Waals surface area contributed by atoms with Crippen molar-refractivity contribution in [3.63, 3.8) is 0 Å². The van der Waals surface area contributed by atoms with Gasteiger partial charge in [-0.25, -0.2) is 0 Å². The molecule has 1 aliphatic rings. The van der Waals surface area contributed by atoms with E-state index in [9.17, 15) is 4.79 Å². The Balaban J connectivity index is 1.69. The Kier molecular flexibility index (Phi) is 3.92. The number of aromatic nitrogens is 4. The minimum atomic E-state index is 0.162. The minimum absolute atomic E-state index is 0.162. The highest BCUT2D eigenvalue weighted by atomic mass is 16.2. The van der Waals surface area contributed by atoms with Crippen LogP contribution in [0.1, 0.15) is 30.4 Å². The molecular formula is C16H21N5O. The van der Waals surface area contributed by atoms with E-state index in [2.05, 4.69) is 20.2 Å². The van der Waals surface area contributed by atoms with Crippen LogP contribution in [0.15, 0.2) is 12.4 Å². The highest BCUT2D eigenvalue weighted by Gasteiger charge is 2.24. The molecule has 0 aromatic carbocycles. The molecule has 22 heavy (non-hydrogen) atoms. The molecule has 6 heteroatoms. The maximum Gasteiger partial charge on any atom is 0.219 e. The van der Waals surface area contributed by atoms with Gasteiger partial charge in [-0.1, -0.05) is 0 Å². The average Bonchev–Trinajstić information content (AvgIpc) is 3.08. The number of nitrogens with zero attached hydrogens (tertiary/aromatic N) is 4. The van der Waals surface area contributed by atoms with Crippen molar-refractivity contribution in [2.75, 3.05) is 13.1 Å². The van der Waals surface area contributed by atoms with E-state index in [0.29, 0.717) is 5.92 Å². The van der Waals surface area contributed by atoms with Crippen LogP contribution in [0.5, 0.6) is 0 Å². The van der Waals surface area contributed by atoms with Gasteiger partial charge in [0.25, 0.3) is 0 Å². The second-order valence-electron chi connectivity index (χ2n) is 6.03. The van der Waals surface area contributed by atoms with E-state index in [4.69, 9.17) is 0 Å². The van der Waals surface area contributed by atoms with Gasteiger partial charge in [0, 0.05) is 37.5 Å².